The predicted molar refractivity (Wildman–Crippen MR) is 137 cm³/mol. The second-order valence-corrected chi connectivity index (χ2v) is 8.73. The first kappa shape index (κ1) is 24.0. The monoisotopic (exact) mass is 484 g/mol. The lowest BCUT2D eigenvalue weighted by atomic mass is 10.0. The molecule has 3 aromatic carbocycles. The van der Waals surface area contributed by atoms with Crippen LogP contribution in [0.4, 0.5) is 10.5 Å². The molecular weight excluding hydrogens is 460 g/mol. The number of anilines is 1. The van der Waals surface area contributed by atoms with E-state index in [1.165, 1.54) is 18.6 Å². The van der Waals surface area contributed by atoms with Crippen LogP contribution in [0.25, 0.3) is 10.8 Å². The van der Waals surface area contributed by atoms with Gasteiger partial charge in [-0.3, -0.25) is 10.1 Å². The van der Waals surface area contributed by atoms with E-state index >= 15 is 0 Å². The lowest BCUT2D eigenvalue weighted by Gasteiger charge is -2.14. The predicted octanol–water partition coefficient (Wildman–Crippen LogP) is 6.03. The Morgan fingerprint density at radius 2 is 1.77 bits per heavy atom. The number of nitrogens with zero attached hydrogens (tertiary/aromatic N) is 1. The van der Waals surface area contributed by atoms with Crippen LogP contribution in [0.1, 0.15) is 40.3 Å². The number of hydrogen-bond acceptors (Lipinski definition) is 6. The van der Waals surface area contributed by atoms with Crippen LogP contribution < -0.4 is 5.32 Å². The fourth-order valence-electron chi connectivity index (χ4n) is 3.54. The number of carbonyl (C=O) groups is 2. The molecule has 176 valence electrons. The van der Waals surface area contributed by atoms with Crippen molar-refractivity contribution in [1.29, 1.82) is 0 Å². The number of ether oxygens (including phenoxy) is 2. The molecule has 1 heterocycles. The summed E-state index contributed by atoms with van der Waals surface area (Å²) in [4.78, 5) is 24.7. The molecule has 0 bridgehead atoms. The van der Waals surface area contributed by atoms with Gasteiger partial charge < -0.3 is 9.47 Å². The van der Waals surface area contributed by atoms with Gasteiger partial charge in [-0.25, -0.2) is 4.79 Å². The molecule has 7 heteroatoms. The number of hydrogen-bond donors (Lipinski definition) is 1. The van der Waals surface area contributed by atoms with Crippen molar-refractivity contribution in [2.45, 2.75) is 26.4 Å². The van der Waals surface area contributed by atoms with E-state index in [1.807, 2.05) is 80.6 Å². The Morgan fingerprint density at radius 3 is 2.54 bits per heavy atom. The molecule has 35 heavy (non-hydrogen) atoms. The molecule has 0 aliphatic carbocycles. The van der Waals surface area contributed by atoms with Gasteiger partial charge >= 0.3 is 12.1 Å². The number of amides is 1. The summed E-state index contributed by atoms with van der Waals surface area (Å²) in [6, 6.07) is 21.3. The molecular formula is C28H24N2O4S. The number of fused-ring (bicyclic) bond motifs is 1. The van der Waals surface area contributed by atoms with Gasteiger partial charge in [0.2, 0.25) is 0 Å². The summed E-state index contributed by atoms with van der Waals surface area (Å²) in [5.41, 5.74) is 3.88. The van der Waals surface area contributed by atoms with E-state index in [9.17, 15) is 9.59 Å². The third kappa shape index (κ3) is 6.05. The number of aromatic nitrogens is 1. The van der Waals surface area contributed by atoms with Crippen LogP contribution in [0.15, 0.2) is 66.7 Å². The normalized spacial score (nSPS) is 11.3. The lowest BCUT2D eigenvalue weighted by molar-refractivity contribution is -0.139. The van der Waals surface area contributed by atoms with Crippen LogP contribution in [-0.2, 0) is 20.7 Å². The maximum atomic E-state index is 12.5. The van der Waals surface area contributed by atoms with Crippen molar-refractivity contribution in [3.63, 3.8) is 0 Å². The van der Waals surface area contributed by atoms with Crippen LogP contribution in [0.5, 0.6) is 0 Å². The number of methoxy groups -OCH3 is 1. The Labute approximate surface area is 208 Å². The molecule has 1 amide bonds. The Bertz CT molecular complexity index is 1430. The van der Waals surface area contributed by atoms with E-state index in [0.717, 1.165) is 27.5 Å². The van der Waals surface area contributed by atoms with Crippen molar-refractivity contribution in [2.75, 3.05) is 12.4 Å². The molecule has 1 unspecified atom stereocenters. The molecule has 0 radical (unpaired) electrons. The summed E-state index contributed by atoms with van der Waals surface area (Å²) in [6.45, 7) is 3.65. The summed E-state index contributed by atoms with van der Waals surface area (Å²) in [6.07, 6.45) is -0.703. The van der Waals surface area contributed by atoms with Gasteiger partial charge in [0.1, 0.15) is 11.0 Å². The maximum Gasteiger partial charge on any atom is 0.412 e. The Balaban J connectivity index is 1.48. The van der Waals surface area contributed by atoms with Gasteiger partial charge in [0.25, 0.3) is 0 Å². The third-order valence-corrected chi connectivity index (χ3v) is 6.30. The number of benzene rings is 3. The molecule has 4 aromatic rings. The number of nitrogens with one attached hydrogen (secondary N) is 1. The Hall–Kier alpha value is -4.15. The summed E-state index contributed by atoms with van der Waals surface area (Å²) in [5.74, 6) is 6.01. The van der Waals surface area contributed by atoms with Crippen LogP contribution in [0, 0.1) is 18.8 Å². The molecule has 6 nitrogen and oxygen atoms in total. The minimum absolute atomic E-state index is 0.237. The molecule has 1 aromatic heterocycles. The first-order chi connectivity index (χ1) is 16.9. The topological polar surface area (TPSA) is 77.5 Å². The molecule has 0 fully saturated rings. The van der Waals surface area contributed by atoms with E-state index in [1.54, 1.807) is 0 Å². The summed E-state index contributed by atoms with van der Waals surface area (Å²) in [5, 5.41) is 4.83. The van der Waals surface area contributed by atoms with Crippen molar-refractivity contribution in [3.05, 3.63) is 94.0 Å². The number of rotatable bonds is 5. The first-order valence-corrected chi connectivity index (χ1v) is 11.8. The zero-order valence-corrected chi connectivity index (χ0v) is 20.4. The van der Waals surface area contributed by atoms with Crippen molar-refractivity contribution >= 4 is 40.1 Å². The van der Waals surface area contributed by atoms with Gasteiger partial charge in [-0.1, -0.05) is 60.5 Å². The van der Waals surface area contributed by atoms with E-state index < -0.39 is 6.09 Å². The van der Waals surface area contributed by atoms with Crippen LogP contribution in [-0.4, -0.2) is 23.5 Å². The van der Waals surface area contributed by atoms with E-state index in [4.69, 9.17) is 9.47 Å². The van der Waals surface area contributed by atoms with Crippen LogP contribution in [0.3, 0.4) is 0 Å². The van der Waals surface area contributed by atoms with E-state index in [0.29, 0.717) is 16.3 Å². The second-order valence-electron chi connectivity index (χ2n) is 7.95. The fourth-order valence-corrected chi connectivity index (χ4v) is 4.24. The van der Waals surface area contributed by atoms with Crippen molar-refractivity contribution in [2.24, 2.45) is 0 Å². The standard InChI is InChI=1S/C28H24N2O4S/c1-18-27(29-28(32)34-19(2)22-7-5-4-6-8-22)25(35-30-18)14-11-20-9-12-24-16-21(17-26(31)33-3)10-13-23(24)15-20/h4-10,12-13,15-16,19H,17H2,1-3H3,(H,29,32). The number of aryl methyl sites for hydroxylation is 1. The number of esters is 1. The fraction of sp³-hybridized carbons (Fsp3) is 0.179. The quantitative estimate of drug-likeness (QED) is 0.276. The SMILES string of the molecule is COC(=O)Cc1ccc2cc(C#Cc3snc(C)c3NC(=O)OC(C)c3ccccc3)ccc2c1. The smallest absolute Gasteiger partial charge is 0.412 e. The highest BCUT2D eigenvalue weighted by Gasteiger charge is 2.16. The largest absolute Gasteiger partial charge is 0.469 e. The lowest BCUT2D eigenvalue weighted by Crippen LogP contribution is -2.16. The van der Waals surface area contributed by atoms with Crippen molar-refractivity contribution < 1.29 is 19.1 Å². The average molecular weight is 485 g/mol. The van der Waals surface area contributed by atoms with Gasteiger partial charge in [0.05, 0.1) is 24.9 Å². The zero-order valence-electron chi connectivity index (χ0n) is 19.6. The number of carbonyl (C=O) groups excluding carboxylic acids is 2. The molecule has 0 aliphatic heterocycles. The minimum Gasteiger partial charge on any atom is -0.469 e. The minimum atomic E-state index is -0.554. The molecule has 1 atom stereocenters. The highest BCUT2D eigenvalue weighted by atomic mass is 32.1. The molecule has 0 saturated carbocycles. The van der Waals surface area contributed by atoms with E-state index in [-0.39, 0.29) is 18.5 Å². The van der Waals surface area contributed by atoms with Crippen LogP contribution >= 0.6 is 11.5 Å². The van der Waals surface area contributed by atoms with Crippen LogP contribution in [0.2, 0.25) is 0 Å². The average Bonchev–Trinajstić information content (AvgIpc) is 3.21. The molecule has 4 rings (SSSR count). The Kier molecular flexibility index (Phi) is 7.44. The van der Waals surface area contributed by atoms with Gasteiger partial charge in [-0.05, 0) is 65.3 Å². The molecule has 0 spiro atoms. The van der Waals surface area contributed by atoms with Gasteiger partial charge in [0.15, 0.2) is 0 Å². The molecule has 0 aliphatic rings. The molecule has 0 saturated heterocycles. The van der Waals surface area contributed by atoms with E-state index in [2.05, 4.69) is 21.5 Å². The summed E-state index contributed by atoms with van der Waals surface area (Å²) in [7, 11) is 1.38. The van der Waals surface area contributed by atoms with Gasteiger partial charge in [-0.2, -0.15) is 4.37 Å². The van der Waals surface area contributed by atoms with Gasteiger partial charge in [0, 0.05) is 5.56 Å². The molecule has 1 N–H and O–H groups in total. The van der Waals surface area contributed by atoms with Crippen molar-refractivity contribution in [1.82, 2.24) is 4.37 Å². The first-order valence-electron chi connectivity index (χ1n) is 11.0. The highest BCUT2D eigenvalue weighted by molar-refractivity contribution is 7.07. The highest BCUT2D eigenvalue weighted by Crippen LogP contribution is 2.25. The van der Waals surface area contributed by atoms with Crippen molar-refractivity contribution in [3.8, 4) is 11.8 Å². The Morgan fingerprint density at radius 1 is 1.03 bits per heavy atom. The zero-order chi connectivity index (χ0) is 24.8. The van der Waals surface area contributed by atoms with Gasteiger partial charge in [-0.15, -0.1) is 0 Å². The second kappa shape index (κ2) is 10.9. The third-order valence-electron chi connectivity index (χ3n) is 5.44. The maximum absolute atomic E-state index is 12.5. The summed E-state index contributed by atoms with van der Waals surface area (Å²) >= 11 is 1.23. The summed E-state index contributed by atoms with van der Waals surface area (Å²) < 4.78 is 14.6.